The van der Waals surface area contributed by atoms with Gasteiger partial charge in [-0.15, -0.1) is 6.58 Å². The molecule has 0 unspecified atom stereocenters. The van der Waals surface area contributed by atoms with Crippen LogP contribution in [-0.2, 0) is 6.54 Å². The van der Waals surface area contributed by atoms with Gasteiger partial charge in [-0.1, -0.05) is 6.08 Å². The average Bonchev–Trinajstić information content (AvgIpc) is 2.35. The molecule has 1 heterocycles. The van der Waals surface area contributed by atoms with Crippen molar-refractivity contribution in [3.8, 4) is 0 Å². The second kappa shape index (κ2) is 7.57. The normalized spacial score (nSPS) is 11.5. The lowest BCUT2D eigenvalue weighted by Gasteiger charge is -2.28. The first-order chi connectivity index (χ1) is 9.78. The number of aliphatic hydroxyl groups is 1. The van der Waals surface area contributed by atoms with Crippen LogP contribution in [0.15, 0.2) is 18.7 Å². The van der Waals surface area contributed by atoms with Gasteiger partial charge in [-0.25, -0.2) is 4.98 Å². The lowest BCUT2D eigenvalue weighted by atomic mass is 10.1. The van der Waals surface area contributed by atoms with Gasteiger partial charge in [0.25, 0.3) is 0 Å². The number of hydrogen-bond acceptors (Lipinski definition) is 4. The molecule has 0 aromatic carbocycles. The van der Waals surface area contributed by atoms with Gasteiger partial charge in [0, 0.05) is 36.4 Å². The third-order valence-corrected chi connectivity index (χ3v) is 3.27. The molecule has 0 aliphatic carbocycles. The Bertz CT molecular complexity index is 478. The number of aliphatic hydroxyl groups excluding tert-OH is 1. The van der Waals surface area contributed by atoms with Crippen molar-refractivity contribution >= 4 is 5.82 Å². The van der Waals surface area contributed by atoms with Gasteiger partial charge < -0.3 is 15.3 Å². The zero-order valence-corrected chi connectivity index (χ0v) is 14.0. The van der Waals surface area contributed by atoms with Crippen molar-refractivity contribution in [1.29, 1.82) is 0 Å². The molecule has 0 fully saturated rings. The number of anilines is 1. The summed E-state index contributed by atoms with van der Waals surface area (Å²) in [7, 11) is 0. The minimum absolute atomic E-state index is 0.0504. The van der Waals surface area contributed by atoms with Gasteiger partial charge in [-0.05, 0) is 46.2 Å². The van der Waals surface area contributed by atoms with Crippen LogP contribution in [0.3, 0.4) is 0 Å². The number of hydrogen-bond donors (Lipinski definition) is 2. The molecule has 0 atom stereocenters. The van der Waals surface area contributed by atoms with Crippen molar-refractivity contribution in [2.45, 2.75) is 46.7 Å². The number of nitrogens with zero attached hydrogens (tertiary/aromatic N) is 2. The zero-order chi connectivity index (χ0) is 16.0. The fourth-order valence-corrected chi connectivity index (χ4v) is 2.24. The van der Waals surface area contributed by atoms with Gasteiger partial charge >= 0.3 is 0 Å². The first-order valence-electron chi connectivity index (χ1n) is 7.47. The molecule has 4 heteroatoms. The van der Waals surface area contributed by atoms with Crippen molar-refractivity contribution in [2.24, 2.45) is 0 Å². The van der Waals surface area contributed by atoms with Crippen LogP contribution in [-0.4, -0.2) is 35.3 Å². The maximum Gasteiger partial charge on any atom is 0.133 e. The number of aryl methyl sites for hydroxylation is 2. The van der Waals surface area contributed by atoms with Crippen LogP contribution in [0.2, 0.25) is 0 Å². The van der Waals surface area contributed by atoms with E-state index in [2.05, 4.69) is 50.6 Å². The van der Waals surface area contributed by atoms with Crippen LogP contribution in [0.5, 0.6) is 0 Å². The van der Waals surface area contributed by atoms with Crippen LogP contribution in [0, 0.1) is 13.8 Å². The Morgan fingerprint density at radius 2 is 2.05 bits per heavy atom. The lowest BCUT2D eigenvalue weighted by Crippen LogP contribution is -2.36. The van der Waals surface area contributed by atoms with E-state index >= 15 is 0 Å². The zero-order valence-electron chi connectivity index (χ0n) is 14.0. The molecule has 0 spiro atoms. The highest BCUT2D eigenvalue weighted by Crippen LogP contribution is 2.23. The second-order valence-electron chi connectivity index (χ2n) is 6.44. The van der Waals surface area contributed by atoms with Crippen molar-refractivity contribution in [3.05, 3.63) is 35.5 Å². The second-order valence-corrected chi connectivity index (χ2v) is 6.44. The molecule has 0 radical (unpaired) electrons. The van der Waals surface area contributed by atoms with Crippen molar-refractivity contribution in [2.75, 3.05) is 24.6 Å². The summed E-state index contributed by atoms with van der Waals surface area (Å²) in [5, 5.41) is 12.8. The molecule has 1 rings (SSSR count). The summed E-state index contributed by atoms with van der Waals surface area (Å²) in [6.45, 7) is 16.5. The summed E-state index contributed by atoms with van der Waals surface area (Å²) in [5.74, 6) is 0.943. The predicted octanol–water partition coefficient (Wildman–Crippen LogP) is 2.57. The van der Waals surface area contributed by atoms with Crippen LogP contribution in [0.1, 0.15) is 37.6 Å². The third kappa shape index (κ3) is 5.48. The van der Waals surface area contributed by atoms with Gasteiger partial charge in [0.15, 0.2) is 0 Å². The van der Waals surface area contributed by atoms with E-state index in [0.29, 0.717) is 13.1 Å². The van der Waals surface area contributed by atoms with E-state index in [9.17, 15) is 5.11 Å². The summed E-state index contributed by atoms with van der Waals surface area (Å²) in [5.41, 5.74) is 3.45. The Balaban J connectivity index is 3.17. The number of nitrogens with one attached hydrogen (secondary N) is 1. The fraction of sp³-hybridized carbons (Fsp3) is 0.588. The molecule has 0 bridgehead atoms. The topological polar surface area (TPSA) is 48.4 Å². The van der Waals surface area contributed by atoms with Crippen molar-refractivity contribution in [1.82, 2.24) is 10.3 Å². The van der Waals surface area contributed by atoms with Gasteiger partial charge in [-0.2, -0.15) is 0 Å². The van der Waals surface area contributed by atoms with Crippen LogP contribution < -0.4 is 10.2 Å². The van der Waals surface area contributed by atoms with Crippen LogP contribution in [0.4, 0.5) is 5.82 Å². The third-order valence-electron chi connectivity index (χ3n) is 3.27. The van der Waals surface area contributed by atoms with E-state index < -0.39 is 0 Å². The molecular formula is C17H29N3O. The molecule has 4 nitrogen and oxygen atoms in total. The first kappa shape index (κ1) is 17.7. The molecule has 0 aliphatic heterocycles. The molecule has 0 saturated heterocycles. The summed E-state index contributed by atoms with van der Waals surface area (Å²) in [4.78, 5) is 6.78. The fourth-order valence-electron chi connectivity index (χ4n) is 2.24. The molecule has 0 amide bonds. The van der Waals surface area contributed by atoms with E-state index in [1.807, 2.05) is 13.0 Å². The summed E-state index contributed by atoms with van der Waals surface area (Å²) in [6, 6.07) is 2.11. The molecule has 0 aliphatic rings. The first-order valence-corrected chi connectivity index (χ1v) is 7.47. The Hall–Kier alpha value is -1.39. The highest BCUT2D eigenvalue weighted by atomic mass is 16.3. The molecule has 118 valence electrons. The highest BCUT2D eigenvalue weighted by molar-refractivity contribution is 5.52. The summed E-state index contributed by atoms with van der Waals surface area (Å²) in [6.07, 6.45) is 1.84. The minimum Gasteiger partial charge on any atom is -0.395 e. The Kier molecular flexibility index (Phi) is 6.37. The van der Waals surface area contributed by atoms with Gasteiger partial charge in [-0.3, -0.25) is 0 Å². The maximum atomic E-state index is 9.29. The van der Waals surface area contributed by atoms with E-state index in [0.717, 1.165) is 18.1 Å². The monoisotopic (exact) mass is 291 g/mol. The molecule has 1 aromatic rings. The standard InChI is InChI=1S/C17H29N3O/c1-7-8-20(9-10-21)16-15(12-18-17(4,5)6)13(2)11-14(3)19-16/h7,11,18,21H,1,8-10,12H2,2-6H3. The number of rotatable bonds is 7. The van der Waals surface area contributed by atoms with Gasteiger partial charge in [0.2, 0.25) is 0 Å². The smallest absolute Gasteiger partial charge is 0.133 e. The molecule has 0 saturated carbocycles. The molecular weight excluding hydrogens is 262 g/mol. The predicted molar refractivity (Wildman–Crippen MR) is 89.8 cm³/mol. The molecule has 2 N–H and O–H groups in total. The van der Waals surface area contributed by atoms with Crippen molar-refractivity contribution < 1.29 is 5.11 Å². The van der Waals surface area contributed by atoms with E-state index in [1.165, 1.54) is 11.1 Å². The maximum absolute atomic E-state index is 9.29. The Morgan fingerprint density at radius 3 is 2.57 bits per heavy atom. The van der Waals surface area contributed by atoms with Crippen LogP contribution >= 0.6 is 0 Å². The van der Waals surface area contributed by atoms with E-state index in [1.54, 1.807) is 0 Å². The summed E-state index contributed by atoms with van der Waals surface area (Å²) < 4.78 is 0. The van der Waals surface area contributed by atoms with Crippen LogP contribution in [0.25, 0.3) is 0 Å². The minimum atomic E-state index is 0.0504. The number of aromatic nitrogens is 1. The van der Waals surface area contributed by atoms with Gasteiger partial charge in [0.1, 0.15) is 5.82 Å². The number of pyridine rings is 1. The molecule has 1 aromatic heterocycles. The average molecular weight is 291 g/mol. The van der Waals surface area contributed by atoms with E-state index in [4.69, 9.17) is 4.98 Å². The van der Waals surface area contributed by atoms with E-state index in [-0.39, 0.29) is 12.1 Å². The largest absolute Gasteiger partial charge is 0.395 e. The molecule has 21 heavy (non-hydrogen) atoms. The summed E-state index contributed by atoms with van der Waals surface area (Å²) >= 11 is 0. The Morgan fingerprint density at radius 1 is 1.38 bits per heavy atom. The van der Waals surface area contributed by atoms with Crippen molar-refractivity contribution in [3.63, 3.8) is 0 Å². The van der Waals surface area contributed by atoms with Gasteiger partial charge in [0.05, 0.1) is 6.61 Å². The quantitative estimate of drug-likeness (QED) is 0.758. The SMILES string of the molecule is C=CCN(CCO)c1nc(C)cc(C)c1CNC(C)(C)C. The lowest BCUT2D eigenvalue weighted by molar-refractivity contribution is 0.302. The highest BCUT2D eigenvalue weighted by Gasteiger charge is 2.17. The Labute approximate surface area is 128 Å².